The van der Waals surface area contributed by atoms with E-state index in [2.05, 4.69) is 21.2 Å². The first-order chi connectivity index (χ1) is 19.4. The number of hydrogen-bond donors (Lipinski definition) is 1. The van der Waals surface area contributed by atoms with Crippen LogP contribution in [-0.2, 0) is 26.2 Å². The van der Waals surface area contributed by atoms with E-state index in [1.54, 1.807) is 6.92 Å². The zero-order valence-electron chi connectivity index (χ0n) is 23.4. The van der Waals surface area contributed by atoms with Gasteiger partial charge < -0.3 is 19.7 Å². The summed E-state index contributed by atoms with van der Waals surface area (Å²) < 4.78 is 40.5. The minimum absolute atomic E-state index is 0.0870. The molecule has 9 nitrogen and oxygen atoms in total. The van der Waals surface area contributed by atoms with Gasteiger partial charge in [0.05, 0.1) is 24.8 Å². The molecule has 220 valence electrons. The topological polar surface area (TPSA) is 105 Å². The fraction of sp³-hybridized carbons (Fsp3) is 0.310. The summed E-state index contributed by atoms with van der Waals surface area (Å²) in [6.45, 7) is 4.77. The van der Waals surface area contributed by atoms with Crippen LogP contribution in [0, 0.1) is 0 Å². The molecule has 3 aromatic carbocycles. The number of nitrogens with zero attached hydrogens (tertiary/aromatic N) is 2. The van der Waals surface area contributed by atoms with Crippen LogP contribution >= 0.6 is 27.5 Å². The predicted molar refractivity (Wildman–Crippen MR) is 163 cm³/mol. The van der Waals surface area contributed by atoms with Gasteiger partial charge in [0, 0.05) is 28.1 Å². The van der Waals surface area contributed by atoms with Crippen molar-refractivity contribution >= 4 is 55.1 Å². The molecule has 41 heavy (non-hydrogen) atoms. The molecule has 1 unspecified atom stereocenters. The Morgan fingerprint density at radius 1 is 0.927 bits per heavy atom. The third-order valence-electron chi connectivity index (χ3n) is 6.20. The fourth-order valence-corrected chi connectivity index (χ4v) is 5.84. The van der Waals surface area contributed by atoms with Gasteiger partial charge in [-0.3, -0.25) is 13.9 Å². The lowest BCUT2D eigenvalue weighted by atomic mass is 10.1. The van der Waals surface area contributed by atoms with Crippen molar-refractivity contribution in [2.24, 2.45) is 0 Å². The Labute approximate surface area is 254 Å². The van der Waals surface area contributed by atoms with Crippen LogP contribution in [0.3, 0.4) is 0 Å². The van der Waals surface area contributed by atoms with Gasteiger partial charge in [0.25, 0.3) is 10.0 Å². The second-order valence-corrected chi connectivity index (χ2v) is 12.7. The van der Waals surface area contributed by atoms with E-state index in [9.17, 15) is 18.0 Å². The molecule has 0 heterocycles. The highest BCUT2D eigenvalue weighted by atomic mass is 79.9. The van der Waals surface area contributed by atoms with Gasteiger partial charge in [0.2, 0.25) is 11.8 Å². The number of sulfonamides is 1. The molecule has 0 aliphatic rings. The number of amides is 2. The molecule has 0 saturated heterocycles. The lowest BCUT2D eigenvalue weighted by Crippen LogP contribution is -2.52. The van der Waals surface area contributed by atoms with Crippen molar-refractivity contribution in [1.29, 1.82) is 0 Å². The van der Waals surface area contributed by atoms with Crippen LogP contribution < -0.4 is 19.1 Å². The molecule has 0 aromatic heterocycles. The minimum atomic E-state index is -4.30. The maximum atomic E-state index is 14.0. The van der Waals surface area contributed by atoms with Crippen molar-refractivity contribution < 1.29 is 27.5 Å². The largest absolute Gasteiger partial charge is 0.493 e. The van der Waals surface area contributed by atoms with Gasteiger partial charge in [-0.2, -0.15) is 0 Å². The molecular weight excluding hydrogens is 634 g/mol. The third-order valence-corrected chi connectivity index (χ3v) is 8.75. The lowest BCUT2D eigenvalue weighted by molar-refractivity contribution is -0.139. The van der Waals surface area contributed by atoms with Gasteiger partial charge in [-0.05, 0) is 74.9 Å². The van der Waals surface area contributed by atoms with Crippen molar-refractivity contribution in [3.05, 3.63) is 81.8 Å². The van der Waals surface area contributed by atoms with Gasteiger partial charge in [-0.15, -0.1) is 0 Å². The summed E-state index contributed by atoms with van der Waals surface area (Å²) in [5.41, 5.74) is 0.993. The lowest BCUT2D eigenvalue weighted by Gasteiger charge is -2.32. The van der Waals surface area contributed by atoms with E-state index in [1.807, 2.05) is 38.1 Å². The smallest absolute Gasteiger partial charge is 0.264 e. The van der Waals surface area contributed by atoms with Gasteiger partial charge in [-0.25, -0.2) is 8.42 Å². The van der Waals surface area contributed by atoms with Gasteiger partial charge in [0.1, 0.15) is 12.6 Å². The molecule has 0 spiro atoms. The molecule has 0 aliphatic carbocycles. The van der Waals surface area contributed by atoms with Crippen molar-refractivity contribution in [2.75, 3.05) is 25.1 Å². The number of carbonyl (C=O) groups excluding carboxylic acids is 2. The number of methoxy groups -OCH3 is 2. The number of carbonyl (C=O) groups is 2. The van der Waals surface area contributed by atoms with E-state index in [-0.39, 0.29) is 34.8 Å². The maximum Gasteiger partial charge on any atom is 0.264 e. The number of anilines is 1. The molecule has 0 radical (unpaired) electrons. The van der Waals surface area contributed by atoms with E-state index >= 15 is 0 Å². The highest BCUT2D eigenvalue weighted by Gasteiger charge is 2.33. The summed E-state index contributed by atoms with van der Waals surface area (Å²) in [6.07, 6.45) is 0. The van der Waals surface area contributed by atoms with Crippen LogP contribution in [-0.4, -0.2) is 58.0 Å². The van der Waals surface area contributed by atoms with Gasteiger partial charge >= 0.3 is 0 Å². The Balaban J connectivity index is 2.06. The van der Waals surface area contributed by atoms with Crippen LogP contribution in [0.5, 0.6) is 11.5 Å². The van der Waals surface area contributed by atoms with Crippen molar-refractivity contribution in [2.45, 2.75) is 44.3 Å². The van der Waals surface area contributed by atoms with E-state index < -0.39 is 28.5 Å². The van der Waals surface area contributed by atoms with Crippen LogP contribution in [0.2, 0.25) is 5.02 Å². The molecule has 0 saturated carbocycles. The standard InChI is InChI=1S/C29H33BrClN3O6S/c1-19(2)32-29(36)20(3)33(17-21-6-8-22(30)9-7-21)28(35)18-34(24-12-10-23(31)11-13-24)41(37,38)25-14-15-26(39-4)27(16-25)40-5/h6-16,19-20H,17-18H2,1-5H3,(H,32,36). The summed E-state index contributed by atoms with van der Waals surface area (Å²) in [4.78, 5) is 28.2. The molecule has 3 aromatic rings. The maximum absolute atomic E-state index is 14.0. The molecular formula is C29H33BrClN3O6S. The minimum Gasteiger partial charge on any atom is -0.493 e. The van der Waals surface area contributed by atoms with Crippen molar-refractivity contribution in [3.63, 3.8) is 0 Å². The number of benzene rings is 3. The Morgan fingerprint density at radius 3 is 2.10 bits per heavy atom. The second kappa shape index (κ2) is 14.1. The predicted octanol–water partition coefficient (Wildman–Crippen LogP) is 5.26. The molecule has 3 rings (SSSR count). The van der Waals surface area contributed by atoms with Crippen LogP contribution in [0.1, 0.15) is 26.3 Å². The quantitative estimate of drug-likeness (QED) is 0.283. The SMILES string of the molecule is COc1ccc(S(=O)(=O)N(CC(=O)N(Cc2ccc(Br)cc2)C(C)C(=O)NC(C)C)c2ccc(Cl)cc2)cc1OC. The van der Waals surface area contributed by atoms with E-state index in [0.717, 1.165) is 14.3 Å². The second-order valence-electron chi connectivity index (χ2n) is 9.49. The first-order valence-electron chi connectivity index (χ1n) is 12.7. The normalized spacial score (nSPS) is 12.0. The highest BCUT2D eigenvalue weighted by Crippen LogP contribution is 2.32. The zero-order valence-corrected chi connectivity index (χ0v) is 26.6. The highest BCUT2D eigenvalue weighted by molar-refractivity contribution is 9.10. The van der Waals surface area contributed by atoms with Crippen LogP contribution in [0.15, 0.2) is 76.1 Å². The zero-order chi connectivity index (χ0) is 30.3. The Bertz CT molecular complexity index is 1470. The molecule has 12 heteroatoms. The van der Waals surface area contributed by atoms with Gasteiger partial charge in [-0.1, -0.05) is 39.7 Å². The fourth-order valence-electron chi connectivity index (χ4n) is 4.01. The Kier molecular flexibility index (Phi) is 11.1. The first kappa shape index (κ1) is 32.2. The summed E-state index contributed by atoms with van der Waals surface area (Å²) in [7, 11) is -1.45. The Hall–Kier alpha value is -3.28. The summed E-state index contributed by atoms with van der Waals surface area (Å²) >= 11 is 9.48. The van der Waals surface area contributed by atoms with Crippen molar-refractivity contribution in [3.8, 4) is 11.5 Å². The molecule has 0 bridgehead atoms. The van der Waals surface area contributed by atoms with E-state index in [4.69, 9.17) is 21.1 Å². The number of rotatable bonds is 12. The summed E-state index contributed by atoms with van der Waals surface area (Å²) in [6, 6.07) is 16.6. The van der Waals surface area contributed by atoms with Crippen molar-refractivity contribution in [1.82, 2.24) is 10.2 Å². The average Bonchev–Trinajstić information content (AvgIpc) is 2.94. The average molecular weight is 667 g/mol. The Morgan fingerprint density at radius 2 is 1.54 bits per heavy atom. The summed E-state index contributed by atoms with van der Waals surface area (Å²) in [5.74, 6) is -0.359. The third kappa shape index (κ3) is 8.15. The number of ether oxygens (including phenoxy) is 2. The molecule has 1 N–H and O–H groups in total. The van der Waals surface area contributed by atoms with E-state index in [0.29, 0.717) is 10.8 Å². The number of hydrogen-bond acceptors (Lipinski definition) is 6. The molecule has 1 atom stereocenters. The number of nitrogens with one attached hydrogen (secondary N) is 1. The summed E-state index contributed by atoms with van der Waals surface area (Å²) in [5, 5.41) is 3.23. The van der Waals surface area contributed by atoms with Crippen LogP contribution in [0.25, 0.3) is 0 Å². The molecule has 0 aliphatic heterocycles. The van der Waals surface area contributed by atoms with Crippen LogP contribution in [0.4, 0.5) is 5.69 Å². The number of halogens is 2. The molecule has 2 amide bonds. The molecule has 0 fully saturated rings. The first-order valence-corrected chi connectivity index (χ1v) is 15.3. The monoisotopic (exact) mass is 665 g/mol. The van der Waals surface area contributed by atoms with E-state index in [1.165, 1.54) is 61.6 Å². The van der Waals surface area contributed by atoms with Gasteiger partial charge in [0.15, 0.2) is 11.5 Å².